The lowest BCUT2D eigenvalue weighted by atomic mass is 9.95. The van der Waals surface area contributed by atoms with Crippen LogP contribution in [0.1, 0.15) is 24.6 Å². The van der Waals surface area contributed by atoms with Gasteiger partial charge >= 0.3 is 0 Å². The fourth-order valence-electron chi connectivity index (χ4n) is 3.05. The van der Waals surface area contributed by atoms with Gasteiger partial charge in [-0.25, -0.2) is 0 Å². The van der Waals surface area contributed by atoms with Crippen LogP contribution in [0.3, 0.4) is 0 Å². The van der Waals surface area contributed by atoms with Crippen LogP contribution in [0.5, 0.6) is 5.75 Å². The fourth-order valence-corrected chi connectivity index (χ4v) is 3.05. The van der Waals surface area contributed by atoms with E-state index in [1.807, 2.05) is 24.3 Å². The van der Waals surface area contributed by atoms with Crippen LogP contribution in [0.2, 0.25) is 0 Å². The highest BCUT2D eigenvalue weighted by Gasteiger charge is 2.26. The van der Waals surface area contributed by atoms with Crippen molar-refractivity contribution in [2.45, 2.75) is 32.2 Å². The molecule has 0 saturated heterocycles. The third-order valence-corrected chi connectivity index (χ3v) is 4.52. The first-order valence-corrected chi connectivity index (χ1v) is 8.25. The summed E-state index contributed by atoms with van der Waals surface area (Å²) in [7, 11) is 2.05. The highest BCUT2D eigenvalue weighted by Crippen LogP contribution is 2.26. The molecule has 0 bridgehead atoms. The van der Waals surface area contributed by atoms with Gasteiger partial charge in [-0.2, -0.15) is 0 Å². The summed E-state index contributed by atoms with van der Waals surface area (Å²) in [6, 6.07) is 12.3. The van der Waals surface area contributed by atoms with Crippen LogP contribution < -0.4 is 10.1 Å². The molecule has 0 unspecified atom stereocenters. The second-order valence-corrected chi connectivity index (χ2v) is 6.38. The lowest BCUT2D eigenvalue weighted by molar-refractivity contribution is -0.126. The molecule has 1 amide bonds. The van der Waals surface area contributed by atoms with Gasteiger partial charge in [-0.1, -0.05) is 18.2 Å². The highest BCUT2D eigenvalue weighted by molar-refractivity contribution is 5.79. The van der Waals surface area contributed by atoms with E-state index in [-0.39, 0.29) is 17.9 Å². The van der Waals surface area contributed by atoms with E-state index >= 15 is 0 Å². The van der Waals surface area contributed by atoms with Crippen LogP contribution in [0.25, 0.3) is 0 Å². The molecule has 0 radical (unpaired) electrons. The SMILES string of the molecule is C[C@@H](CCc1cccn1C)NC(=O)[C@H]1COc2ccccc2C1. The van der Waals surface area contributed by atoms with Crippen molar-refractivity contribution in [3.8, 4) is 5.75 Å². The Morgan fingerprint density at radius 3 is 2.96 bits per heavy atom. The van der Waals surface area contributed by atoms with Crippen molar-refractivity contribution in [3.63, 3.8) is 0 Å². The van der Waals surface area contributed by atoms with E-state index < -0.39 is 0 Å². The van der Waals surface area contributed by atoms with Crippen LogP contribution in [0, 0.1) is 5.92 Å². The van der Waals surface area contributed by atoms with E-state index in [9.17, 15) is 4.79 Å². The fraction of sp³-hybridized carbons (Fsp3) is 0.421. The monoisotopic (exact) mass is 312 g/mol. The molecular weight excluding hydrogens is 288 g/mol. The molecule has 0 saturated carbocycles. The molecule has 2 atom stereocenters. The van der Waals surface area contributed by atoms with Gasteiger partial charge in [-0.15, -0.1) is 0 Å². The molecule has 2 heterocycles. The van der Waals surface area contributed by atoms with Crippen molar-refractivity contribution in [1.29, 1.82) is 0 Å². The minimum atomic E-state index is -0.0950. The number of amides is 1. The summed E-state index contributed by atoms with van der Waals surface area (Å²) < 4.78 is 7.83. The maximum atomic E-state index is 12.5. The summed E-state index contributed by atoms with van der Waals surface area (Å²) in [5, 5.41) is 3.13. The second kappa shape index (κ2) is 6.90. The molecule has 122 valence electrons. The Hall–Kier alpha value is -2.23. The first kappa shape index (κ1) is 15.7. The number of ether oxygens (including phenoxy) is 1. The molecule has 3 rings (SSSR count). The average Bonchev–Trinajstić information content (AvgIpc) is 2.97. The molecule has 2 aromatic rings. The van der Waals surface area contributed by atoms with Gasteiger partial charge in [0.15, 0.2) is 0 Å². The zero-order valence-corrected chi connectivity index (χ0v) is 13.8. The molecule has 1 aliphatic rings. The van der Waals surface area contributed by atoms with Crippen molar-refractivity contribution in [2.24, 2.45) is 13.0 Å². The number of rotatable bonds is 5. The zero-order valence-electron chi connectivity index (χ0n) is 13.8. The molecule has 0 aliphatic carbocycles. The number of hydrogen-bond donors (Lipinski definition) is 1. The van der Waals surface area contributed by atoms with E-state index in [1.165, 1.54) is 5.69 Å². The van der Waals surface area contributed by atoms with Gasteiger partial charge < -0.3 is 14.6 Å². The third-order valence-electron chi connectivity index (χ3n) is 4.52. The number of nitrogens with zero attached hydrogens (tertiary/aromatic N) is 1. The van der Waals surface area contributed by atoms with Crippen molar-refractivity contribution in [3.05, 3.63) is 53.9 Å². The van der Waals surface area contributed by atoms with Crippen LogP contribution in [-0.2, 0) is 24.7 Å². The number of hydrogen-bond acceptors (Lipinski definition) is 2. The molecule has 1 aromatic heterocycles. The Bertz CT molecular complexity index is 678. The number of benzene rings is 1. The number of aromatic nitrogens is 1. The minimum Gasteiger partial charge on any atom is -0.492 e. The highest BCUT2D eigenvalue weighted by atomic mass is 16.5. The van der Waals surface area contributed by atoms with Gasteiger partial charge in [0.1, 0.15) is 12.4 Å². The maximum absolute atomic E-state index is 12.5. The second-order valence-electron chi connectivity index (χ2n) is 6.38. The van der Waals surface area contributed by atoms with Crippen molar-refractivity contribution >= 4 is 5.91 Å². The van der Waals surface area contributed by atoms with Crippen LogP contribution in [-0.4, -0.2) is 23.1 Å². The topological polar surface area (TPSA) is 43.3 Å². The van der Waals surface area contributed by atoms with Gasteiger partial charge in [-0.05, 0) is 49.9 Å². The summed E-state index contributed by atoms with van der Waals surface area (Å²) in [4.78, 5) is 12.5. The standard InChI is InChI=1S/C19H24N2O2/c1-14(9-10-17-7-5-11-21(17)2)20-19(22)16-12-15-6-3-4-8-18(15)23-13-16/h3-8,11,14,16H,9-10,12-13H2,1-2H3,(H,20,22)/t14-,16+/m0/s1. The summed E-state index contributed by atoms with van der Waals surface area (Å²) in [5.74, 6) is 0.912. The number of carbonyl (C=O) groups is 1. The van der Waals surface area contributed by atoms with Gasteiger partial charge in [0, 0.05) is 25.0 Å². The average molecular weight is 312 g/mol. The Kier molecular flexibility index (Phi) is 4.70. The van der Waals surface area contributed by atoms with Crippen molar-refractivity contribution in [2.75, 3.05) is 6.61 Å². The smallest absolute Gasteiger partial charge is 0.227 e. The summed E-state index contributed by atoms with van der Waals surface area (Å²) in [6.45, 7) is 2.53. The van der Waals surface area contributed by atoms with E-state index in [0.717, 1.165) is 30.6 Å². The van der Waals surface area contributed by atoms with Crippen LogP contribution >= 0.6 is 0 Å². The summed E-state index contributed by atoms with van der Waals surface area (Å²) >= 11 is 0. The maximum Gasteiger partial charge on any atom is 0.227 e. The van der Waals surface area contributed by atoms with Gasteiger partial charge in [0.05, 0.1) is 5.92 Å². The van der Waals surface area contributed by atoms with Gasteiger partial charge in [0.25, 0.3) is 0 Å². The predicted octanol–water partition coefficient (Wildman–Crippen LogP) is 2.71. The molecule has 0 spiro atoms. The molecule has 1 aliphatic heterocycles. The molecule has 0 fully saturated rings. The molecular formula is C19H24N2O2. The van der Waals surface area contributed by atoms with Crippen molar-refractivity contribution < 1.29 is 9.53 Å². The quantitative estimate of drug-likeness (QED) is 0.922. The van der Waals surface area contributed by atoms with E-state index in [0.29, 0.717) is 6.61 Å². The molecule has 23 heavy (non-hydrogen) atoms. The first-order valence-electron chi connectivity index (χ1n) is 8.25. The minimum absolute atomic E-state index is 0.0950. The molecule has 4 heteroatoms. The molecule has 4 nitrogen and oxygen atoms in total. The third kappa shape index (κ3) is 3.76. The number of carbonyl (C=O) groups excluding carboxylic acids is 1. The Labute approximate surface area is 137 Å². The van der Waals surface area contributed by atoms with Crippen molar-refractivity contribution in [1.82, 2.24) is 9.88 Å². The number of para-hydroxylation sites is 1. The lowest BCUT2D eigenvalue weighted by Gasteiger charge is -2.26. The van der Waals surface area contributed by atoms with Gasteiger partial charge in [0.2, 0.25) is 5.91 Å². The predicted molar refractivity (Wildman–Crippen MR) is 90.5 cm³/mol. The Morgan fingerprint density at radius 2 is 2.17 bits per heavy atom. The van der Waals surface area contributed by atoms with Crippen LogP contribution in [0.15, 0.2) is 42.6 Å². The Balaban J connectivity index is 1.50. The molecule has 1 aromatic carbocycles. The number of nitrogens with one attached hydrogen (secondary N) is 1. The van der Waals surface area contributed by atoms with E-state index in [2.05, 4.69) is 42.2 Å². The first-order chi connectivity index (χ1) is 11.1. The van der Waals surface area contributed by atoms with E-state index in [1.54, 1.807) is 0 Å². The summed E-state index contributed by atoms with van der Waals surface area (Å²) in [5.41, 5.74) is 2.41. The summed E-state index contributed by atoms with van der Waals surface area (Å²) in [6.07, 6.45) is 4.71. The number of aryl methyl sites for hydroxylation is 2. The van der Waals surface area contributed by atoms with Gasteiger partial charge in [-0.3, -0.25) is 4.79 Å². The number of fused-ring (bicyclic) bond motifs is 1. The lowest BCUT2D eigenvalue weighted by Crippen LogP contribution is -2.41. The van der Waals surface area contributed by atoms with E-state index in [4.69, 9.17) is 4.74 Å². The normalized spacial score (nSPS) is 17.9. The largest absolute Gasteiger partial charge is 0.492 e. The molecule has 1 N–H and O–H groups in total. The Morgan fingerprint density at radius 1 is 1.35 bits per heavy atom. The van der Waals surface area contributed by atoms with Crippen LogP contribution in [0.4, 0.5) is 0 Å². The zero-order chi connectivity index (χ0) is 16.2.